The molecule has 0 atom stereocenters. The van der Waals surface area contributed by atoms with Crippen LogP contribution >= 0.6 is 0 Å². The summed E-state index contributed by atoms with van der Waals surface area (Å²) >= 11 is 0. The van der Waals surface area contributed by atoms with Gasteiger partial charge in [-0.3, -0.25) is 4.99 Å². The number of aliphatic imine (C=N–C) groups is 1. The molecule has 0 unspecified atom stereocenters. The van der Waals surface area contributed by atoms with Gasteiger partial charge in [-0.1, -0.05) is 0 Å². The fourth-order valence-electron chi connectivity index (χ4n) is 3.99. The molecule has 1 aromatic carbocycles. The molecule has 2 aliphatic heterocycles. The number of phenolic OH excluding ortho intramolecular Hbond substituents is 1. The van der Waals surface area contributed by atoms with Crippen molar-refractivity contribution in [1.29, 1.82) is 0 Å². The van der Waals surface area contributed by atoms with Crippen LogP contribution in [-0.2, 0) is 4.74 Å². The Balaban J connectivity index is 1.63. The number of nitrogens with one attached hydrogen (secondary N) is 1. The Bertz CT molecular complexity index is 641. The van der Waals surface area contributed by atoms with Gasteiger partial charge in [-0.25, -0.2) is 4.39 Å². The monoisotopic (exact) mass is 392 g/mol. The quantitative estimate of drug-likeness (QED) is 0.323. The largest absolute Gasteiger partial charge is 0.506 e. The van der Waals surface area contributed by atoms with E-state index in [1.54, 1.807) is 0 Å². The maximum absolute atomic E-state index is 13.6. The van der Waals surface area contributed by atoms with E-state index in [1.807, 2.05) is 6.92 Å². The smallest absolute Gasteiger partial charge is 0.198 e. The summed E-state index contributed by atoms with van der Waals surface area (Å²) in [6, 6.07) is 4.58. The first-order chi connectivity index (χ1) is 13.7. The van der Waals surface area contributed by atoms with E-state index >= 15 is 0 Å². The zero-order valence-corrected chi connectivity index (χ0v) is 16.9. The van der Waals surface area contributed by atoms with E-state index in [1.165, 1.54) is 44.1 Å². The SMILES string of the molecule is CCOCCCN=C(Nc1cc(F)ccc1O)N1CCC(N2CCCC2)CC1. The second kappa shape index (κ2) is 10.6. The molecule has 2 fully saturated rings. The van der Waals surface area contributed by atoms with Gasteiger partial charge < -0.3 is 25.0 Å². The first kappa shape index (κ1) is 20.9. The second-order valence-electron chi connectivity index (χ2n) is 7.50. The fourth-order valence-corrected chi connectivity index (χ4v) is 3.99. The molecule has 0 amide bonds. The number of benzene rings is 1. The lowest BCUT2D eigenvalue weighted by Gasteiger charge is -2.38. The summed E-state index contributed by atoms with van der Waals surface area (Å²) in [5, 5.41) is 13.2. The lowest BCUT2D eigenvalue weighted by molar-refractivity contribution is 0.146. The molecule has 2 heterocycles. The topological polar surface area (TPSA) is 60.3 Å². The molecule has 156 valence electrons. The minimum atomic E-state index is -0.385. The number of piperidine rings is 1. The Morgan fingerprint density at radius 1 is 1.25 bits per heavy atom. The maximum Gasteiger partial charge on any atom is 0.198 e. The molecule has 2 aliphatic rings. The highest BCUT2D eigenvalue weighted by Gasteiger charge is 2.27. The first-order valence-electron chi connectivity index (χ1n) is 10.5. The summed E-state index contributed by atoms with van der Waals surface area (Å²) in [5.41, 5.74) is 0.352. The molecule has 28 heavy (non-hydrogen) atoms. The molecular weight excluding hydrogens is 359 g/mol. The molecule has 0 bridgehead atoms. The van der Waals surface area contributed by atoms with E-state index < -0.39 is 0 Å². The lowest BCUT2D eigenvalue weighted by atomic mass is 10.0. The molecule has 2 saturated heterocycles. The summed E-state index contributed by atoms with van der Waals surface area (Å²) in [7, 11) is 0. The number of ether oxygens (including phenoxy) is 1. The van der Waals surface area contributed by atoms with Crippen molar-refractivity contribution in [2.75, 3.05) is 51.3 Å². The summed E-state index contributed by atoms with van der Waals surface area (Å²) in [6.45, 7) is 8.25. The summed E-state index contributed by atoms with van der Waals surface area (Å²) in [4.78, 5) is 9.55. The molecule has 0 radical (unpaired) electrons. The Labute approximate surface area is 167 Å². The minimum absolute atomic E-state index is 0.0235. The maximum atomic E-state index is 13.6. The molecule has 1 aromatic rings. The van der Waals surface area contributed by atoms with Crippen molar-refractivity contribution in [3.63, 3.8) is 0 Å². The fraction of sp³-hybridized carbons (Fsp3) is 0.667. The van der Waals surface area contributed by atoms with E-state index in [0.29, 0.717) is 37.4 Å². The molecule has 0 aliphatic carbocycles. The number of likely N-dealkylation sites (tertiary alicyclic amines) is 2. The van der Waals surface area contributed by atoms with Gasteiger partial charge in [-0.15, -0.1) is 0 Å². The van der Waals surface area contributed by atoms with Gasteiger partial charge in [-0.05, 0) is 64.3 Å². The van der Waals surface area contributed by atoms with E-state index in [4.69, 9.17) is 9.73 Å². The molecule has 0 aromatic heterocycles. The van der Waals surface area contributed by atoms with Gasteiger partial charge in [0, 0.05) is 45.0 Å². The third-order valence-corrected chi connectivity index (χ3v) is 5.54. The second-order valence-corrected chi connectivity index (χ2v) is 7.50. The van der Waals surface area contributed by atoms with Crippen molar-refractivity contribution in [3.8, 4) is 5.75 Å². The highest BCUT2D eigenvalue weighted by molar-refractivity contribution is 5.95. The number of rotatable bonds is 7. The predicted octanol–water partition coefficient (Wildman–Crippen LogP) is 3.29. The average Bonchev–Trinajstić information content (AvgIpc) is 3.24. The number of nitrogens with zero attached hydrogens (tertiary/aromatic N) is 3. The van der Waals surface area contributed by atoms with Crippen LogP contribution in [0.15, 0.2) is 23.2 Å². The Kier molecular flexibility index (Phi) is 7.91. The van der Waals surface area contributed by atoms with Crippen molar-refractivity contribution < 1.29 is 14.2 Å². The van der Waals surface area contributed by atoms with Crippen molar-refractivity contribution in [2.24, 2.45) is 4.99 Å². The number of guanidine groups is 1. The van der Waals surface area contributed by atoms with Crippen molar-refractivity contribution in [2.45, 2.75) is 45.1 Å². The van der Waals surface area contributed by atoms with Crippen LogP contribution in [0.5, 0.6) is 5.75 Å². The van der Waals surface area contributed by atoms with Gasteiger partial charge in [0.25, 0.3) is 0 Å². The van der Waals surface area contributed by atoms with Crippen LogP contribution in [-0.4, -0.2) is 72.8 Å². The molecule has 6 nitrogen and oxygen atoms in total. The van der Waals surface area contributed by atoms with E-state index in [9.17, 15) is 9.50 Å². The van der Waals surface area contributed by atoms with Crippen LogP contribution in [0.4, 0.5) is 10.1 Å². The summed E-state index contributed by atoms with van der Waals surface area (Å²) in [6.07, 6.45) is 5.67. The minimum Gasteiger partial charge on any atom is -0.506 e. The van der Waals surface area contributed by atoms with Gasteiger partial charge >= 0.3 is 0 Å². The van der Waals surface area contributed by atoms with Gasteiger partial charge in [0.2, 0.25) is 0 Å². The van der Waals surface area contributed by atoms with Gasteiger partial charge in [0.05, 0.1) is 5.69 Å². The summed E-state index contributed by atoms with van der Waals surface area (Å²) < 4.78 is 19.0. The van der Waals surface area contributed by atoms with Gasteiger partial charge in [-0.2, -0.15) is 0 Å². The molecule has 3 rings (SSSR count). The Hall–Kier alpha value is -1.86. The van der Waals surface area contributed by atoms with Crippen molar-refractivity contribution >= 4 is 11.6 Å². The number of anilines is 1. The van der Waals surface area contributed by atoms with E-state index in [-0.39, 0.29) is 11.6 Å². The zero-order chi connectivity index (χ0) is 19.8. The van der Waals surface area contributed by atoms with Crippen LogP contribution < -0.4 is 5.32 Å². The lowest BCUT2D eigenvalue weighted by Crippen LogP contribution is -2.47. The molecular formula is C21H33FN4O2. The van der Waals surface area contributed by atoms with E-state index in [2.05, 4.69) is 15.1 Å². The highest BCUT2D eigenvalue weighted by atomic mass is 19.1. The third-order valence-electron chi connectivity index (χ3n) is 5.54. The number of hydrogen-bond donors (Lipinski definition) is 2. The molecule has 0 spiro atoms. The van der Waals surface area contributed by atoms with Crippen molar-refractivity contribution in [3.05, 3.63) is 24.0 Å². The Morgan fingerprint density at radius 2 is 2.00 bits per heavy atom. The molecule has 0 saturated carbocycles. The average molecular weight is 393 g/mol. The van der Waals surface area contributed by atoms with Crippen molar-refractivity contribution in [1.82, 2.24) is 9.80 Å². The van der Waals surface area contributed by atoms with Gasteiger partial charge in [0.15, 0.2) is 5.96 Å². The standard InChI is InChI=1S/C21H33FN4O2/c1-2-28-15-5-10-23-21(24-19-16-17(22)6-7-20(19)27)26-13-8-18(9-14-26)25-11-3-4-12-25/h6-7,16,18,27H,2-5,8-15H2,1H3,(H,23,24). The van der Waals surface area contributed by atoms with Crippen LogP contribution in [0, 0.1) is 5.82 Å². The van der Waals surface area contributed by atoms with Crippen LogP contribution in [0.1, 0.15) is 39.0 Å². The number of hydrogen-bond acceptors (Lipinski definition) is 4. The van der Waals surface area contributed by atoms with Crippen LogP contribution in [0.2, 0.25) is 0 Å². The normalized spacial score (nSPS) is 19.4. The van der Waals surface area contributed by atoms with Crippen LogP contribution in [0.3, 0.4) is 0 Å². The summed E-state index contributed by atoms with van der Waals surface area (Å²) in [5.74, 6) is 0.344. The Morgan fingerprint density at radius 3 is 2.71 bits per heavy atom. The van der Waals surface area contributed by atoms with E-state index in [0.717, 1.165) is 32.4 Å². The molecule has 7 heteroatoms. The number of aromatic hydroxyl groups is 1. The highest BCUT2D eigenvalue weighted by Crippen LogP contribution is 2.25. The predicted molar refractivity (Wildman–Crippen MR) is 111 cm³/mol. The first-order valence-corrected chi connectivity index (χ1v) is 10.5. The number of phenols is 1. The zero-order valence-electron chi connectivity index (χ0n) is 16.9. The van der Waals surface area contributed by atoms with Crippen LogP contribution in [0.25, 0.3) is 0 Å². The number of halogens is 1. The van der Waals surface area contributed by atoms with Gasteiger partial charge in [0.1, 0.15) is 11.6 Å². The molecule has 2 N–H and O–H groups in total. The third kappa shape index (κ3) is 5.82.